The standard InChI is InChI=1S/C14H20N4O2S/c1-11(2)15-9-13-10-16-18-14(13)21(19,20)17-8-12-6-4-3-5-7-12/h3-7,10-11,15,17H,8-9H2,1-2H3,(H,16,18). The van der Waals surface area contributed by atoms with Crippen LogP contribution in [0.2, 0.25) is 0 Å². The molecule has 0 fully saturated rings. The molecule has 0 unspecified atom stereocenters. The van der Waals surface area contributed by atoms with Crippen molar-refractivity contribution in [2.24, 2.45) is 0 Å². The second-order valence-electron chi connectivity index (χ2n) is 5.07. The molecule has 0 spiro atoms. The van der Waals surface area contributed by atoms with E-state index >= 15 is 0 Å². The van der Waals surface area contributed by atoms with Crippen molar-refractivity contribution in [3.63, 3.8) is 0 Å². The normalized spacial score (nSPS) is 12.0. The van der Waals surface area contributed by atoms with E-state index in [0.717, 1.165) is 5.56 Å². The van der Waals surface area contributed by atoms with E-state index in [-0.39, 0.29) is 17.6 Å². The summed E-state index contributed by atoms with van der Waals surface area (Å²) in [6, 6.07) is 9.65. The van der Waals surface area contributed by atoms with Gasteiger partial charge in [0.05, 0.1) is 6.20 Å². The number of nitrogens with one attached hydrogen (secondary N) is 3. The van der Waals surface area contributed by atoms with Gasteiger partial charge in [-0.15, -0.1) is 0 Å². The van der Waals surface area contributed by atoms with Crippen LogP contribution in [0.15, 0.2) is 41.6 Å². The Hall–Kier alpha value is -1.70. The molecule has 0 saturated carbocycles. The molecule has 3 N–H and O–H groups in total. The fraction of sp³-hybridized carbons (Fsp3) is 0.357. The number of H-pyrrole nitrogens is 1. The Bertz CT molecular complexity index is 665. The zero-order chi connectivity index (χ0) is 15.3. The zero-order valence-electron chi connectivity index (χ0n) is 12.1. The van der Waals surface area contributed by atoms with Crippen LogP contribution < -0.4 is 10.0 Å². The molecule has 6 nitrogen and oxygen atoms in total. The average Bonchev–Trinajstić information content (AvgIpc) is 2.93. The van der Waals surface area contributed by atoms with Gasteiger partial charge in [0.15, 0.2) is 5.03 Å². The lowest BCUT2D eigenvalue weighted by atomic mass is 10.2. The van der Waals surface area contributed by atoms with E-state index in [2.05, 4.69) is 20.2 Å². The Morgan fingerprint density at radius 1 is 1.19 bits per heavy atom. The molecule has 0 aliphatic heterocycles. The molecule has 1 aromatic carbocycles. The molecule has 21 heavy (non-hydrogen) atoms. The summed E-state index contributed by atoms with van der Waals surface area (Å²) in [6.45, 7) is 4.71. The SMILES string of the molecule is CC(C)NCc1cn[nH]c1S(=O)(=O)NCc1ccccc1. The van der Waals surface area contributed by atoms with E-state index in [9.17, 15) is 8.42 Å². The molecule has 114 valence electrons. The maximum Gasteiger partial charge on any atom is 0.258 e. The quantitative estimate of drug-likeness (QED) is 0.721. The van der Waals surface area contributed by atoms with Gasteiger partial charge in [0.25, 0.3) is 10.0 Å². The third-order valence-electron chi connectivity index (χ3n) is 2.96. The highest BCUT2D eigenvalue weighted by atomic mass is 32.2. The molecule has 0 bridgehead atoms. The minimum Gasteiger partial charge on any atom is -0.310 e. The first-order valence-corrected chi connectivity index (χ1v) is 8.26. The van der Waals surface area contributed by atoms with E-state index in [1.165, 1.54) is 6.20 Å². The fourth-order valence-corrected chi connectivity index (χ4v) is 2.96. The first-order chi connectivity index (χ1) is 9.99. The van der Waals surface area contributed by atoms with Gasteiger partial charge >= 0.3 is 0 Å². The number of benzene rings is 1. The van der Waals surface area contributed by atoms with Crippen molar-refractivity contribution < 1.29 is 8.42 Å². The molecule has 0 aliphatic carbocycles. The third kappa shape index (κ3) is 4.38. The summed E-state index contributed by atoms with van der Waals surface area (Å²) in [7, 11) is -3.60. The Balaban J connectivity index is 2.07. The third-order valence-corrected chi connectivity index (χ3v) is 4.37. The van der Waals surface area contributed by atoms with Crippen LogP contribution in [0.1, 0.15) is 25.0 Å². The number of aromatic amines is 1. The van der Waals surface area contributed by atoms with Crippen LogP contribution >= 0.6 is 0 Å². The molecule has 1 aromatic heterocycles. The van der Waals surface area contributed by atoms with Gasteiger partial charge in [0, 0.05) is 24.7 Å². The highest BCUT2D eigenvalue weighted by Gasteiger charge is 2.20. The van der Waals surface area contributed by atoms with E-state index < -0.39 is 10.0 Å². The predicted octanol–water partition coefficient (Wildman–Crippen LogP) is 1.39. The second-order valence-corrected chi connectivity index (χ2v) is 6.77. The minimum absolute atomic E-state index is 0.117. The van der Waals surface area contributed by atoms with Gasteiger partial charge < -0.3 is 5.32 Å². The molecular weight excluding hydrogens is 288 g/mol. The molecule has 7 heteroatoms. The largest absolute Gasteiger partial charge is 0.310 e. The van der Waals surface area contributed by atoms with Crippen LogP contribution in [-0.4, -0.2) is 24.7 Å². The number of nitrogens with zero attached hydrogens (tertiary/aromatic N) is 1. The second kappa shape index (κ2) is 6.84. The van der Waals surface area contributed by atoms with Gasteiger partial charge in [-0.3, -0.25) is 5.10 Å². The summed E-state index contributed by atoms with van der Waals surface area (Å²) in [5, 5.41) is 9.70. The van der Waals surface area contributed by atoms with Crippen molar-refractivity contribution >= 4 is 10.0 Å². The van der Waals surface area contributed by atoms with Crippen molar-refractivity contribution in [2.75, 3.05) is 0 Å². The van der Waals surface area contributed by atoms with Crippen molar-refractivity contribution in [2.45, 2.75) is 38.0 Å². The van der Waals surface area contributed by atoms with Gasteiger partial charge in [0.1, 0.15) is 0 Å². The summed E-state index contributed by atoms with van der Waals surface area (Å²) in [5.74, 6) is 0. The molecule has 0 saturated heterocycles. The fourth-order valence-electron chi connectivity index (χ4n) is 1.82. The van der Waals surface area contributed by atoms with Crippen LogP contribution in [0, 0.1) is 0 Å². The number of hydrogen-bond acceptors (Lipinski definition) is 4. The maximum atomic E-state index is 12.3. The Labute approximate surface area is 125 Å². The first kappa shape index (κ1) is 15.7. The van der Waals surface area contributed by atoms with Crippen molar-refractivity contribution in [1.82, 2.24) is 20.2 Å². The number of hydrogen-bond donors (Lipinski definition) is 3. The topological polar surface area (TPSA) is 86.9 Å². The van der Waals surface area contributed by atoms with Gasteiger partial charge in [0.2, 0.25) is 0 Å². The number of sulfonamides is 1. The Kier molecular flexibility index (Phi) is 5.11. The van der Waals surface area contributed by atoms with Crippen LogP contribution in [0.25, 0.3) is 0 Å². The highest BCUT2D eigenvalue weighted by molar-refractivity contribution is 7.89. The molecule has 0 aliphatic rings. The van der Waals surface area contributed by atoms with Gasteiger partial charge in [-0.2, -0.15) is 5.10 Å². The van der Waals surface area contributed by atoms with E-state index in [1.807, 2.05) is 44.2 Å². The number of aromatic nitrogens is 2. The maximum absolute atomic E-state index is 12.3. The molecular formula is C14H20N4O2S. The van der Waals surface area contributed by atoms with E-state index in [1.54, 1.807) is 0 Å². The first-order valence-electron chi connectivity index (χ1n) is 6.78. The summed E-state index contributed by atoms with van der Waals surface area (Å²) in [6.07, 6.45) is 1.53. The van der Waals surface area contributed by atoms with Gasteiger partial charge in [-0.25, -0.2) is 13.1 Å². The van der Waals surface area contributed by atoms with Crippen LogP contribution in [0.5, 0.6) is 0 Å². The van der Waals surface area contributed by atoms with Gasteiger partial charge in [-0.05, 0) is 5.56 Å². The summed E-state index contributed by atoms with van der Waals surface area (Å²) in [4.78, 5) is 0. The molecule has 0 radical (unpaired) electrons. The lowest BCUT2D eigenvalue weighted by Gasteiger charge is -2.09. The smallest absolute Gasteiger partial charge is 0.258 e. The molecule has 2 rings (SSSR count). The molecule has 1 heterocycles. The summed E-state index contributed by atoms with van der Waals surface area (Å²) < 4.78 is 27.2. The lowest BCUT2D eigenvalue weighted by Crippen LogP contribution is -2.27. The monoisotopic (exact) mass is 308 g/mol. The minimum atomic E-state index is -3.60. The summed E-state index contributed by atoms with van der Waals surface area (Å²) in [5.41, 5.74) is 1.53. The van der Waals surface area contributed by atoms with Crippen molar-refractivity contribution in [1.29, 1.82) is 0 Å². The highest BCUT2D eigenvalue weighted by Crippen LogP contribution is 2.12. The predicted molar refractivity (Wildman–Crippen MR) is 81.0 cm³/mol. The van der Waals surface area contributed by atoms with E-state index in [4.69, 9.17) is 0 Å². The molecule has 2 aromatic rings. The lowest BCUT2D eigenvalue weighted by molar-refractivity contribution is 0.564. The average molecular weight is 308 g/mol. The van der Waals surface area contributed by atoms with Crippen LogP contribution in [0.4, 0.5) is 0 Å². The van der Waals surface area contributed by atoms with Gasteiger partial charge in [-0.1, -0.05) is 44.2 Å². The van der Waals surface area contributed by atoms with Crippen molar-refractivity contribution in [3.8, 4) is 0 Å². The zero-order valence-corrected chi connectivity index (χ0v) is 12.9. The Morgan fingerprint density at radius 3 is 2.57 bits per heavy atom. The number of rotatable bonds is 7. The van der Waals surface area contributed by atoms with E-state index in [0.29, 0.717) is 12.1 Å². The van der Waals surface area contributed by atoms with Crippen molar-refractivity contribution in [3.05, 3.63) is 47.7 Å². The molecule has 0 amide bonds. The van der Waals surface area contributed by atoms with Crippen LogP contribution in [-0.2, 0) is 23.1 Å². The Morgan fingerprint density at radius 2 is 1.90 bits per heavy atom. The van der Waals surface area contributed by atoms with Crippen LogP contribution in [0.3, 0.4) is 0 Å². The summed E-state index contributed by atoms with van der Waals surface area (Å²) >= 11 is 0. The molecule has 0 atom stereocenters.